The Balaban J connectivity index is 0. The fourth-order valence-electron chi connectivity index (χ4n) is 2.53. The Morgan fingerprint density at radius 3 is 0.575 bits per heavy atom. The molecule has 0 aromatic heterocycles. The molecule has 40 heavy (non-hydrogen) atoms. The third kappa shape index (κ3) is 42.0. The van der Waals surface area contributed by atoms with Gasteiger partial charge in [0, 0.05) is 13.7 Å². The molecule has 0 fully saturated rings. The zero-order valence-electron chi connectivity index (χ0n) is 25.4. The molecular weight excluding hydrogens is 530 g/mol. The summed E-state index contributed by atoms with van der Waals surface area (Å²) in [5.74, 6) is 0. The van der Waals surface area contributed by atoms with E-state index < -0.39 is 0 Å². The van der Waals surface area contributed by atoms with E-state index in [0.717, 1.165) is 0 Å². The third-order valence-corrected chi connectivity index (χ3v) is 4.41. The Morgan fingerprint density at radius 2 is 0.425 bits per heavy atom. The van der Waals surface area contributed by atoms with E-state index in [-0.39, 0.29) is 0 Å². The molecule has 0 saturated heterocycles. The van der Waals surface area contributed by atoms with Gasteiger partial charge in [-0.05, 0) is 0 Å². The molecular formula is C27H59NO12. The van der Waals surface area contributed by atoms with E-state index in [1.165, 1.54) is 0 Å². The highest BCUT2D eigenvalue weighted by atomic mass is 16.6. The Bertz CT molecular complexity index is 378. The van der Waals surface area contributed by atoms with Gasteiger partial charge in [-0.25, -0.2) is 0 Å². The van der Waals surface area contributed by atoms with Gasteiger partial charge in [0.15, 0.2) is 0 Å². The molecule has 13 nitrogen and oxygen atoms in total. The maximum absolute atomic E-state index is 5.46. The van der Waals surface area contributed by atoms with Gasteiger partial charge < -0.3 is 62.6 Å². The van der Waals surface area contributed by atoms with Crippen LogP contribution in [0, 0.1) is 0 Å². The van der Waals surface area contributed by atoms with Gasteiger partial charge in [0.25, 0.3) is 0 Å². The number of ether oxygens (including phenoxy) is 12. The highest BCUT2D eigenvalue weighted by Crippen LogP contribution is 1.87. The zero-order chi connectivity index (χ0) is 29.5. The molecule has 13 heteroatoms. The van der Waals surface area contributed by atoms with Crippen molar-refractivity contribution in [2.75, 3.05) is 166 Å². The molecule has 0 amide bonds. The Labute approximate surface area is 242 Å². The van der Waals surface area contributed by atoms with E-state index >= 15 is 0 Å². The van der Waals surface area contributed by atoms with Gasteiger partial charge >= 0.3 is 0 Å². The minimum Gasteiger partial charge on any atom is -0.382 e. The molecule has 0 heterocycles. The molecule has 0 aliphatic carbocycles. The highest BCUT2D eigenvalue weighted by Gasteiger charge is 1.96. The second kappa shape index (κ2) is 42.9. The summed E-state index contributed by atoms with van der Waals surface area (Å²) in [7, 11) is 1.65. The molecule has 0 aromatic rings. The molecule has 0 aliphatic heterocycles. The van der Waals surface area contributed by atoms with Crippen molar-refractivity contribution in [3.63, 3.8) is 0 Å². The number of hydrogen-bond acceptors (Lipinski definition) is 13. The summed E-state index contributed by atoms with van der Waals surface area (Å²) in [4.78, 5) is 0. The van der Waals surface area contributed by atoms with Gasteiger partial charge in [-0.1, -0.05) is 13.8 Å². The largest absolute Gasteiger partial charge is 0.382 e. The highest BCUT2D eigenvalue weighted by molar-refractivity contribution is 4.39. The van der Waals surface area contributed by atoms with Gasteiger partial charge in [-0.3, -0.25) is 0 Å². The summed E-state index contributed by atoms with van der Waals surface area (Å²) >= 11 is 0. The second-order valence-corrected chi connectivity index (χ2v) is 7.52. The molecule has 244 valence electrons. The topological polar surface area (TPSA) is 137 Å². The van der Waals surface area contributed by atoms with Crippen molar-refractivity contribution >= 4 is 0 Å². The van der Waals surface area contributed by atoms with Crippen LogP contribution in [0.15, 0.2) is 0 Å². The van der Waals surface area contributed by atoms with E-state index in [4.69, 9.17) is 62.6 Å². The molecule has 0 aliphatic rings. The normalized spacial score (nSPS) is 11.1. The van der Waals surface area contributed by atoms with Gasteiger partial charge in [0.05, 0.1) is 152 Å². The predicted octanol–water partition coefficient (Wildman–Crippen LogP) is 0.800. The zero-order valence-corrected chi connectivity index (χ0v) is 25.4. The number of nitrogens with two attached hydrogens (primary N) is 1. The first kappa shape index (κ1) is 41.6. The van der Waals surface area contributed by atoms with Crippen molar-refractivity contribution in [1.82, 2.24) is 0 Å². The maximum atomic E-state index is 5.46. The Morgan fingerprint density at radius 1 is 0.275 bits per heavy atom. The molecule has 0 saturated carbocycles. The summed E-state index contributed by atoms with van der Waals surface area (Å²) in [6.07, 6.45) is 0. The second-order valence-electron chi connectivity index (χ2n) is 7.52. The van der Waals surface area contributed by atoms with Gasteiger partial charge in [-0.2, -0.15) is 0 Å². The van der Waals surface area contributed by atoms with Gasteiger partial charge in [-0.15, -0.1) is 0 Å². The maximum Gasteiger partial charge on any atom is 0.0701 e. The summed E-state index contributed by atoms with van der Waals surface area (Å²) in [5, 5.41) is 0. The van der Waals surface area contributed by atoms with Crippen molar-refractivity contribution in [3.8, 4) is 0 Å². The van der Waals surface area contributed by atoms with Crippen LogP contribution in [0.25, 0.3) is 0 Å². The summed E-state index contributed by atoms with van der Waals surface area (Å²) in [5.41, 5.74) is 5.32. The molecule has 0 radical (unpaired) electrons. The van der Waals surface area contributed by atoms with Crippen LogP contribution < -0.4 is 5.73 Å². The monoisotopic (exact) mass is 589 g/mol. The first-order chi connectivity index (χ1) is 19.9. The Kier molecular flexibility index (Phi) is 44.7. The lowest BCUT2D eigenvalue weighted by molar-refractivity contribution is -0.0279. The molecule has 0 unspecified atom stereocenters. The average Bonchev–Trinajstić information content (AvgIpc) is 2.98. The summed E-state index contributed by atoms with van der Waals surface area (Å²) < 4.78 is 64.2. The van der Waals surface area contributed by atoms with Crippen molar-refractivity contribution in [1.29, 1.82) is 0 Å². The average molecular weight is 590 g/mol. The molecule has 0 atom stereocenters. The molecule has 0 aromatic carbocycles. The minimum absolute atomic E-state index is 0.516. The lowest BCUT2D eigenvalue weighted by atomic mass is 10.6. The minimum atomic E-state index is 0.516. The van der Waals surface area contributed by atoms with Crippen LogP contribution in [0.3, 0.4) is 0 Å². The fourth-order valence-corrected chi connectivity index (χ4v) is 2.53. The molecule has 0 rings (SSSR count). The quantitative estimate of drug-likeness (QED) is 0.104. The SMILES string of the molecule is CC.COCCOCCOCCOCCOCCOCCOCCOCCOCCOCCOCCOCCN. The van der Waals surface area contributed by atoms with Crippen LogP contribution in [0.5, 0.6) is 0 Å². The van der Waals surface area contributed by atoms with Gasteiger partial charge in [0.1, 0.15) is 0 Å². The lowest BCUT2D eigenvalue weighted by Gasteiger charge is -2.09. The van der Waals surface area contributed by atoms with Crippen LogP contribution >= 0.6 is 0 Å². The van der Waals surface area contributed by atoms with Crippen molar-refractivity contribution < 1.29 is 56.8 Å². The van der Waals surface area contributed by atoms with Crippen LogP contribution in [0.1, 0.15) is 13.8 Å². The standard InChI is InChI=1S/C25H53NO12.C2H6/c1-27-4-5-29-8-9-31-12-13-33-16-17-35-20-21-37-24-25-38-23-22-36-19-18-34-15-14-32-11-10-30-7-6-28-3-2-26;1-2/h2-26H2,1H3;1-2H3. The van der Waals surface area contributed by atoms with Crippen molar-refractivity contribution in [3.05, 3.63) is 0 Å². The van der Waals surface area contributed by atoms with E-state index in [1.807, 2.05) is 13.8 Å². The first-order valence-corrected chi connectivity index (χ1v) is 14.5. The van der Waals surface area contributed by atoms with Crippen LogP contribution in [0.2, 0.25) is 0 Å². The van der Waals surface area contributed by atoms with Crippen LogP contribution in [-0.2, 0) is 56.8 Å². The van der Waals surface area contributed by atoms with Crippen molar-refractivity contribution in [2.24, 2.45) is 5.73 Å². The van der Waals surface area contributed by atoms with Crippen LogP contribution in [-0.4, -0.2) is 166 Å². The third-order valence-electron chi connectivity index (χ3n) is 4.41. The van der Waals surface area contributed by atoms with Gasteiger partial charge in [0.2, 0.25) is 0 Å². The van der Waals surface area contributed by atoms with Crippen molar-refractivity contribution in [2.45, 2.75) is 13.8 Å². The van der Waals surface area contributed by atoms with E-state index in [1.54, 1.807) is 7.11 Å². The number of methoxy groups -OCH3 is 1. The first-order valence-electron chi connectivity index (χ1n) is 14.5. The molecule has 0 bridgehead atoms. The number of rotatable bonds is 35. The lowest BCUT2D eigenvalue weighted by Crippen LogP contribution is -2.15. The van der Waals surface area contributed by atoms with E-state index in [0.29, 0.717) is 159 Å². The summed E-state index contributed by atoms with van der Waals surface area (Å²) in [6, 6.07) is 0. The predicted molar refractivity (Wildman–Crippen MR) is 151 cm³/mol. The number of hydrogen-bond donors (Lipinski definition) is 1. The van der Waals surface area contributed by atoms with Crippen LogP contribution in [0.4, 0.5) is 0 Å². The van der Waals surface area contributed by atoms with E-state index in [9.17, 15) is 0 Å². The fraction of sp³-hybridized carbons (Fsp3) is 1.00. The molecule has 0 spiro atoms. The Hall–Kier alpha value is -0.520. The molecule has 2 N–H and O–H groups in total. The summed E-state index contributed by atoms with van der Waals surface area (Å²) in [6.45, 7) is 16.9. The van der Waals surface area contributed by atoms with E-state index in [2.05, 4.69) is 0 Å². The smallest absolute Gasteiger partial charge is 0.0701 e.